The van der Waals surface area contributed by atoms with Gasteiger partial charge >= 0.3 is 18.1 Å². The van der Waals surface area contributed by atoms with Gasteiger partial charge in [0.2, 0.25) is 11.8 Å². The molecule has 1 aromatic heterocycles. The van der Waals surface area contributed by atoms with E-state index in [0.717, 1.165) is 16.7 Å². The van der Waals surface area contributed by atoms with Gasteiger partial charge in [0.25, 0.3) is 0 Å². The van der Waals surface area contributed by atoms with Crippen molar-refractivity contribution in [2.45, 2.75) is 95.2 Å². The molecule has 0 aliphatic heterocycles. The fraction of sp³-hybridized carbons (Fsp3) is 0.400. The normalized spacial score (nSPS) is 14.9. The molecule has 5 rings (SSSR count). The Morgan fingerprint density at radius 3 is 1.74 bits per heavy atom. The van der Waals surface area contributed by atoms with E-state index in [1.165, 1.54) is 0 Å². The second-order valence-electron chi connectivity index (χ2n) is 15.3. The van der Waals surface area contributed by atoms with Gasteiger partial charge < -0.3 is 40.4 Å². The summed E-state index contributed by atoms with van der Waals surface area (Å²) in [5, 5.41) is 25.0. The summed E-state index contributed by atoms with van der Waals surface area (Å²) >= 11 is 0. The zero-order valence-corrected chi connectivity index (χ0v) is 31.3. The van der Waals surface area contributed by atoms with Crippen LogP contribution in [0, 0.1) is 0 Å². The lowest BCUT2D eigenvalue weighted by atomic mass is 9.77. The number of carboxylic acid groups (broad SMARTS) is 1. The molecular formula is C40H48N6O8. The molecule has 286 valence electrons. The molecule has 0 bridgehead atoms. The van der Waals surface area contributed by atoms with E-state index in [1.54, 1.807) is 20.8 Å². The number of aliphatic carboxylic acids is 1. The summed E-state index contributed by atoms with van der Waals surface area (Å²) < 4.78 is 17.1. The number of carboxylic acids is 1. The molecule has 0 spiro atoms. The first-order valence-electron chi connectivity index (χ1n) is 17.8. The molecule has 54 heavy (non-hydrogen) atoms. The molecule has 1 aliphatic carbocycles. The fourth-order valence-corrected chi connectivity index (χ4v) is 5.85. The van der Waals surface area contributed by atoms with E-state index in [9.17, 15) is 24.3 Å². The Balaban J connectivity index is 1.50. The van der Waals surface area contributed by atoms with Crippen molar-refractivity contribution in [1.82, 2.24) is 31.4 Å². The topological polar surface area (TPSA) is 194 Å². The molecule has 1 saturated carbocycles. The Morgan fingerprint density at radius 2 is 1.30 bits per heavy atom. The number of carbonyl (C=O) groups is 4. The van der Waals surface area contributed by atoms with Gasteiger partial charge in [0.1, 0.15) is 28.8 Å². The lowest BCUT2D eigenvalue weighted by molar-refractivity contribution is -0.140. The van der Waals surface area contributed by atoms with E-state index in [2.05, 4.69) is 31.4 Å². The number of hydrogen-bond donors (Lipinski definition) is 5. The number of urea groups is 1. The van der Waals surface area contributed by atoms with Crippen molar-refractivity contribution in [2.75, 3.05) is 6.61 Å². The maximum Gasteiger partial charge on any atom is 0.408 e. The third kappa shape index (κ3) is 10.0. The van der Waals surface area contributed by atoms with Crippen LogP contribution in [0.3, 0.4) is 0 Å². The van der Waals surface area contributed by atoms with Gasteiger partial charge in [-0.2, -0.15) is 4.98 Å². The number of aromatic nitrogens is 2. The number of nitrogens with zero attached hydrogens (tertiary/aromatic N) is 2. The van der Waals surface area contributed by atoms with Gasteiger partial charge in [0.15, 0.2) is 5.82 Å². The number of benzene rings is 3. The van der Waals surface area contributed by atoms with Gasteiger partial charge in [0.05, 0.1) is 18.6 Å². The van der Waals surface area contributed by atoms with E-state index < -0.39 is 64.8 Å². The van der Waals surface area contributed by atoms with Crippen molar-refractivity contribution in [2.24, 2.45) is 0 Å². The van der Waals surface area contributed by atoms with Crippen molar-refractivity contribution in [3.63, 3.8) is 0 Å². The molecule has 14 nitrogen and oxygen atoms in total. The van der Waals surface area contributed by atoms with Gasteiger partial charge in [-0.3, -0.25) is 4.79 Å². The minimum atomic E-state index is -1.41. The molecular weight excluding hydrogens is 692 g/mol. The maximum atomic E-state index is 14.4. The third-order valence-electron chi connectivity index (χ3n) is 8.60. The standard InChI is InChI=1S/C40H48N6O8/c1-37(2,3)52-25-30(42-36(51)53-38(4,5)6)32-43-33(54-46-32)29(41-35(50)45-39(22-23-39)34(48)49)24-31(47)44-40(26-16-10-7-11-17-26,27-18-12-8-13-19-27)28-20-14-9-15-21-28/h7-21,29-30H,22-25H2,1-6H3,(H,42,51)(H,44,47)(H,48,49)(H2,41,45,50)/t29-,30-/m0/s1. The molecule has 1 fully saturated rings. The number of amides is 4. The predicted octanol–water partition coefficient (Wildman–Crippen LogP) is 5.91. The molecule has 4 aromatic rings. The van der Waals surface area contributed by atoms with E-state index in [-0.39, 0.29) is 31.2 Å². The average Bonchev–Trinajstić information content (AvgIpc) is 3.73. The summed E-state index contributed by atoms with van der Waals surface area (Å²) in [6.07, 6.45) is -0.630. The van der Waals surface area contributed by atoms with Crippen LogP contribution in [-0.4, -0.2) is 62.6 Å². The van der Waals surface area contributed by atoms with Crippen molar-refractivity contribution >= 4 is 24.0 Å². The lowest BCUT2D eigenvalue weighted by Gasteiger charge is -2.37. The zero-order chi connectivity index (χ0) is 39.1. The minimum Gasteiger partial charge on any atom is -0.480 e. The monoisotopic (exact) mass is 740 g/mol. The molecule has 0 saturated heterocycles. The van der Waals surface area contributed by atoms with Crippen LogP contribution in [0.1, 0.15) is 101 Å². The van der Waals surface area contributed by atoms with Crippen LogP contribution < -0.4 is 21.3 Å². The number of nitrogens with one attached hydrogen (secondary N) is 4. The van der Waals surface area contributed by atoms with Crippen molar-refractivity contribution in [3.8, 4) is 0 Å². The van der Waals surface area contributed by atoms with Gasteiger partial charge in [0, 0.05) is 0 Å². The van der Waals surface area contributed by atoms with Crippen LogP contribution >= 0.6 is 0 Å². The second-order valence-corrected chi connectivity index (χ2v) is 15.3. The van der Waals surface area contributed by atoms with Gasteiger partial charge in [-0.25, -0.2) is 14.4 Å². The van der Waals surface area contributed by atoms with Crippen LogP contribution in [0.5, 0.6) is 0 Å². The van der Waals surface area contributed by atoms with Gasteiger partial charge in [-0.05, 0) is 71.1 Å². The summed E-state index contributed by atoms with van der Waals surface area (Å²) in [6.45, 7) is 10.7. The maximum absolute atomic E-state index is 14.4. The van der Waals surface area contributed by atoms with Crippen LogP contribution in [0.4, 0.5) is 9.59 Å². The van der Waals surface area contributed by atoms with Crippen molar-refractivity contribution < 1.29 is 38.3 Å². The molecule has 2 atom stereocenters. The van der Waals surface area contributed by atoms with E-state index in [0.29, 0.717) is 0 Å². The lowest BCUT2D eigenvalue weighted by Crippen LogP contribution is -2.51. The summed E-state index contributed by atoms with van der Waals surface area (Å²) in [5.41, 5.74) is -1.61. The van der Waals surface area contributed by atoms with E-state index in [4.69, 9.17) is 14.0 Å². The minimum absolute atomic E-state index is 0.00382. The molecule has 0 radical (unpaired) electrons. The van der Waals surface area contributed by atoms with Crippen LogP contribution in [0.15, 0.2) is 95.5 Å². The Labute approximate surface area is 314 Å². The third-order valence-corrected chi connectivity index (χ3v) is 8.60. The summed E-state index contributed by atoms with van der Waals surface area (Å²) in [4.78, 5) is 57.0. The van der Waals surface area contributed by atoms with E-state index in [1.807, 2.05) is 112 Å². The largest absolute Gasteiger partial charge is 0.480 e. The molecule has 1 aliphatic rings. The van der Waals surface area contributed by atoms with Crippen molar-refractivity contribution in [3.05, 3.63) is 119 Å². The number of ether oxygens (including phenoxy) is 2. The average molecular weight is 741 g/mol. The highest BCUT2D eigenvalue weighted by atomic mass is 16.6. The van der Waals surface area contributed by atoms with Crippen molar-refractivity contribution in [1.29, 1.82) is 0 Å². The van der Waals surface area contributed by atoms with Crippen LogP contribution in [-0.2, 0) is 24.6 Å². The smallest absolute Gasteiger partial charge is 0.408 e. The molecule has 3 aromatic carbocycles. The number of rotatable bonds is 14. The highest BCUT2D eigenvalue weighted by Gasteiger charge is 2.52. The Hall–Kier alpha value is -5.76. The molecule has 5 N–H and O–H groups in total. The quantitative estimate of drug-likeness (QED) is 0.0971. The van der Waals surface area contributed by atoms with E-state index >= 15 is 0 Å². The Bertz CT molecular complexity index is 1800. The number of alkyl carbamates (subject to hydrolysis) is 1. The summed E-state index contributed by atoms with van der Waals surface area (Å²) in [6, 6.07) is 25.5. The SMILES string of the molecule is CC(C)(C)OC[C@H](NC(=O)OC(C)(C)C)c1noc([C@H](CC(=O)NC(c2ccccc2)(c2ccccc2)c2ccccc2)NC(=O)NC2(C(=O)O)CC2)n1. The Kier molecular flexibility index (Phi) is 11.8. The predicted molar refractivity (Wildman–Crippen MR) is 198 cm³/mol. The number of hydrogen-bond acceptors (Lipinski definition) is 9. The first kappa shape index (κ1) is 39.4. The summed E-state index contributed by atoms with van der Waals surface area (Å²) in [5.74, 6) is -1.83. The molecule has 1 heterocycles. The second kappa shape index (κ2) is 16.1. The first-order chi connectivity index (χ1) is 25.5. The fourth-order valence-electron chi connectivity index (χ4n) is 5.85. The Morgan fingerprint density at radius 1 is 0.778 bits per heavy atom. The molecule has 0 unspecified atom stereocenters. The zero-order valence-electron chi connectivity index (χ0n) is 31.3. The van der Waals surface area contributed by atoms with Crippen LogP contribution in [0.25, 0.3) is 0 Å². The molecule has 14 heteroatoms. The van der Waals surface area contributed by atoms with Gasteiger partial charge in [-0.1, -0.05) is 96.2 Å². The molecule has 4 amide bonds. The van der Waals surface area contributed by atoms with Crippen LogP contribution in [0.2, 0.25) is 0 Å². The highest BCUT2D eigenvalue weighted by Crippen LogP contribution is 2.38. The summed E-state index contributed by atoms with van der Waals surface area (Å²) in [7, 11) is 0. The van der Waals surface area contributed by atoms with Gasteiger partial charge in [-0.15, -0.1) is 0 Å². The highest BCUT2D eigenvalue weighted by molar-refractivity contribution is 5.89. The number of carbonyl (C=O) groups excluding carboxylic acids is 3. The first-order valence-corrected chi connectivity index (χ1v) is 17.8.